The van der Waals surface area contributed by atoms with Crippen LogP contribution in [0.3, 0.4) is 0 Å². The Hall–Kier alpha value is -0.830. The summed E-state index contributed by atoms with van der Waals surface area (Å²) in [5.41, 5.74) is 3.81. The van der Waals surface area contributed by atoms with Crippen molar-refractivity contribution in [3.63, 3.8) is 0 Å². The highest BCUT2D eigenvalue weighted by molar-refractivity contribution is 9.10. The van der Waals surface area contributed by atoms with E-state index in [9.17, 15) is 0 Å². The van der Waals surface area contributed by atoms with Gasteiger partial charge in [-0.25, -0.2) is 4.98 Å². The Kier molecular flexibility index (Phi) is 2.09. The van der Waals surface area contributed by atoms with E-state index in [2.05, 4.69) is 45.6 Å². The number of imidazole rings is 1. The molecule has 0 radical (unpaired) electrons. The summed E-state index contributed by atoms with van der Waals surface area (Å²) in [7, 11) is 0. The zero-order valence-corrected chi connectivity index (χ0v) is 10.3. The molecule has 3 rings (SSSR count). The van der Waals surface area contributed by atoms with Crippen molar-refractivity contribution in [2.24, 2.45) is 0 Å². The van der Waals surface area contributed by atoms with Crippen molar-refractivity contribution in [3.05, 3.63) is 34.2 Å². The van der Waals surface area contributed by atoms with Gasteiger partial charge in [-0.1, -0.05) is 6.92 Å². The SMILES string of the molecule is CCC1CCc2c1nc1c(Br)cccn21. The highest BCUT2D eigenvalue weighted by Crippen LogP contribution is 2.36. The summed E-state index contributed by atoms with van der Waals surface area (Å²) in [6.45, 7) is 2.25. The topological polar surface area (TPSA) is 17.3 Å². The summed E-state index contributed by atoms with van der Waals surface area (Å²) in [5, 5.41) is 0. The van der Waals surface area contributed by atoms with Gasteiger partial charge in [0.05, 0.1) is 10.2 Å². The standard InChI is InChI=1S/C12H13BrN2/c1-2-8-5-6-10-11(8)14-12-9(13)4-3-7-15(10)12/h3-4,7-8H,2,5-6H2,1H3. The van der Waals surface area contributed by atoms with Crippen LogP contribution in [0.1, 0.15) is 37.1 Å². The molecule has 1 aliphatic rings. The van der Waals surface area contributed by atoms with E-state index in [1.165, 1.54) is 30.7 Å². The molecule has 0 spiro atoms. The van der Waals surface area contributed by atoms with Crippen molar-refractivity contribution >= 4 is 21.6 Å². The van der Waals surface area contributed by atoms with Gasteiger partial charge in [-0.05, 0) is 47.3 Å². The molecule has 2 heterocycles. The third-order valence-corrected chi connectivity index (χ3v) is 3.96. The summed E-state index contributed by atoms with van der Waals surface area (Å²) < 4.78 is 3.32. The minimum atomic E-state index is 0.673. The Morgan fingerprint density at radius 1 is 1.60 bits per heavy atom. The number of fused-ring (bicyclic) bond motifs is 3. The molecule has 0 aromatic carbocycles. The van der Waals surface area contributed by atoms with Crippen LogP contribution in [0.4, 0.5) is 0 Å². The van der Waals surface area contributed by atoms with Crippen molar-refractivity contribution in [3.8, 4) is 0 Å². The average molecular weight is 265 g/mol. The maximum absolute atomic E-state index is 4.76. The van der Waals surface area contributed by atoms with E-state index in [1.807, 2.05) is 0 Å². The molecule has 2 nitrogen and oxygen atoms in total. The fourth-order valence-corrected chi connectivity index (χ4v) is 2.95. The maximum Gasteiger partial charge on any atom is 0.151 e. The number of rotatable bonds is 1. The molecule has 0 amide bonds. The number of pyridine rings is 1. The van der Waals surface area contributed by atoms with Gasteiger partial charge in [0.25, 0.3) is 0 Å². The van der Waals surface area contributed by atoms with E-state index >= 15 is 0 Å². The lowest BCUT2D eigenvalue weighted by Crippen LogP contribution is -1.91. The number of nitrogens with zero attached hydrogens (tertiary/aromatic N) is 2. The first-order valence-corrected chi connectivity index (χ1v) is 6.26. The molecule has 0 aliphatic heterocycles. The van der Waals surface area contributed by atoms with Gasteiger partial charge in [-0.3, -0.25) is 0 Å². The van der Waals surface area contributed by atoms with E-state index in [-0.39, 0.29) is 0 Å². The lowest BCUT2D eigenvalue weighted by atomic mass is 10.1. The first-order chi connectivity index (χ1) is 7.31. The van der Waals surface area contributed by atoms with E-state index in [1.54, 1.807) is 0 Å². The minimum absolute atomic E-state index is 0.673. The Morgan fingerprint density at radius 3 is 3.27 bits per heavy atom. The van der Waals surface area contributed by atoms with Crippen molar-refractivity contribution in [2.45, 2.75) is 32.1 Å². The van der Waals surface area contributed by atoms with Gasteiger partial charge in [0.2, 0.25) is 0 Å². The van der Waals surface area contributed by atoms with Gasteiger partial charge in [-0.2, -0.15) is 0 Å². The van der Waals surface area contributed by atoms with E-state index in [0.717, 1.165) is 10.1 Å². The number of hydrogen-bond acceptors (Lipinski definition) is 1. The monoisotopic (exact) mass is 264 g/mol. The molecule has 0 N–H and O–H groups in total. The fraction of sp³-hybridized carbons (Fsp3) is 0.417. The molecule has 15 heavy (non-hydrogen) atoms. The molecular formula is C12H13BrN2. The van der Waals surface area contributed by atoms with Crippen molar-refractivity contribution in [2.75, 3.05) is 0 Å². The lowest BCUT2D eigenvalue weighted by molar-refractivity contribution is 0.641. The van der Waals surface area contributed by atoms with Crippen LogP contribution in [0.25, 0.3) is 5.65 Å². The molecule has 1 aliphatic carbocycles. The Bertz CT molecular complexity index is 516. The fourth-order valence-electron chi connectivity index (χ4n) is 2.52. The predicted octanol–water partition coefficient (Wildman–Crippen LogP) is 3.54. The molecule has 1 atom stereocenters. The number of hydrogen-bond donors (Lipinski definition) is 0. The van der Waals surface area contributed by atoms with Crippen molar-refractivity contribution in [1.29, 1.82) is 0 Å². The summed E-state index contributed by atoms with van der Waals surface area (Å²) in [5.74, 6) is 0.673. The molecule has 1 unspecified atom stereocenters. The van der Waals surface area contributed by atoms with Crippen LogP contribution in [-0.2, 0) is 6.42 Å². The summed E-state index contributed by atoms with van der Waals surface area (Å²) in [6, 6.07) is 4.12. The van der Waals surface area contributed by atoms with Crippen LogP contribution < -0.4 is 0 Å². The molecule has 2 aromatic heterocycles. The molecule has 0 saturated carbocycles. The molecule has 0 bridgehead atoms. The number of halogens is 1. The van der Waals surface area contributed by atoms with E-state index in [4.69, 9.17) is 4.98 Å². The molecule has 0 fully saturated rings. The molecule has 78 valence electrons. The lowest BCUT2D eigenvalue weighted by Gasteiger charge is -2.02. The summed E-state index contributed by atoms with van der Waals surface area (Å²) in [6.07, 6.45) is 5.76. The number of aromatic nitrogens is 2. The Morgan fingerprint density at radius 2 is 2.47 bits per heavy atom. The third-order valence-electron chi connectivity index (χ3n) is 3.34. The average Bonchev–Trinajstić information content (AvgIpc) is 2.77. The number of aryl methyl sites for hydroxylation is 1. The minimum Gasteiger partial charge on any atom is -0.303 e. The van der Waals surface area contributed by atoms with Crippen LogP contribution in [0.15, 0.2) is 22.8 Å². The Balaban J connectivity index is 2.29. The zero-order valence-electron chi connectivity index (χ0n) is 8.70. The van der Waals surface area contributed by atoms with Gasteiger partial charge >= 0.3 is 0 Å². The highest BCUT2D eigenvalue weighted by Gasteiger charge is 2.26. The van der Waals surface area contributed by atoms with Crippen LogP contribution in [0, 0.1) is 0 Å². The summed E-state index contributed by atoms with van der Waals surface area (Å²) in [4.78, 5) is 4.76. The largest absolute Gasteiger partial charge is 0.303 e. The second kappa shape index (κ2) is 3.34. The second-order valence-corrected chi connectivity index (χ2v) is 4.99. The second-order valence-electron chi connectivity index (χ2n) is 4.14. The highest BCUT2D eigenvalue weighted by atomic mass is 79.9. The quantitative estimate of drug-likeness (QED) is 0.770. The smallest absolute Gasteiger partial charge is 0.151 e. The van der Waals surface area contributed by atoms with Gasteiger partial charge in [0.1, 0.15) is 0 Å². The maximum atomic E-state index is 4.76. The Labute approximate surface area is 97.5 Å². The van der Waals surface area contributed by atoms with Gasteiger partial charge in [-0.15, -0.1) is 0 Å². The molecule has 2 aromatic rings. The first kappa shape index (κ1) is 9.40. The van der Waals surface area contributed by atoms with Crippen LogP contribution in [0.5, 0.6) is 0 Å². The van der Waals surface area contributed by atoms with E-state index < -0.39 is 0 Å². The van der Waals surface area contributed by atoms with E-state index in [0.29, 0.717) is 5.92 Å². The van der Waals surface area contributed by atoms with Crippen molar-refractivity contribution in [1.82, 2.24) is 9.38 Å². The van der Waals surface area contributed by atoms with Crippen LogP contribution in [0.2, 0.25) is 0 Å². The molecular weight excluding hydrogens is 252 g/mol. The van der Waals surface area contributed by atoms with Crippen LogP contribution >= 0.6 is 15.9 Å². The predicted molar refractivity (Wildman–Crippen MR) is 64.2 cm³/mol. The van der Waals surface area contributed by atoms with Gasteiger partial charge in [0.15, 0.2) is 5.65 Å². The normalized spacial score (nSPS) is 19.7. The molecule has 3 heteroatoms. The van der Waals surface area contributed by atoms with Gasteiger partial charge in [0, 0.05) is 17.8 Å². The van der Waals surface area contributed by atoms with Crippen LogP contribution in [-0.4, -0.2) is 9.38 Å². The molecule has 0 saturated heterocycles. The van der Waals surface area contributed by atoms with Gasteiger partial charge < -0.3 is 4.40 Å². The first-order valence-electron chi connectivity index (χ1n) is 5.46. The third kappa shape index (κ3) is 1.26. The van der Waals surface area contributed by atoms with Crippen molar-refractivity contribution < 1.29 is 0 Å². The summed E-state index contributed by atoms with van der Waals surface area (Å²) >= 11 is 3.56. The zero-order chi connectivity index (χ0) is 10.4.